The number of carbonyl (C=O) groups excluding carboxylic acids is 1. The molecule has 5 nitrogen and oxygen atoms in total. The lowest BCUT2D eigenvalue weighted by atomic mass is 9.85. The quantitative estimate of drug-likeness (QED) is 0.729. The molecule has 0 atom stereocenters. The minimum Gasteiger partial charge on any atom is -0.355 e. The lowest BCUT2D eigenvalue weighted by Gasteiger charge is -2.25. The second-order valence-electron chi connectivity index (χ2n) is 4.58. The molecule has 0 unspecified atom stereocenters. The Bertz CT molecular complexity index is 350. The van der Waals surface area contributed by atoms with E-state index in [4.69, 9.17) is 0 Å². The number of nitrogens with one attached hydrogen (secondary N) is 1. The van der Waals surface area contributed by atoms with Crippen LogP contribution in [0.1, 0.15) is 32.6 Å². The lowest BCUT2D eigenvalue weighted by molar-refractivity contribution is -0.127. The van der Waals surface area contributed by atoms with Crippen molar-refractivity contribution in [1.82, 2.24) is 9.62 Å². The summed E-state index contributed by atoms with van der Waals surface area (Å²) in [5, 5.41) is 2.80. The van der Waals surface area contributed by atoms with Crippen molar-refractivity contribution in [3.63, 3.8) is 0 Å². The predicted molar refractivity (Wildman–Crippen MR) is 67.1 cm³/mol. The zero-order valence-corrected chi connectivity index (χ0v) is 11.4. The monoisotopic (exact) mass is 262 g/mol. The van der Waals surface area contributed by atoms with E-state index < -0.39 is 10.0 Å². The van der Waals surface area contributed by atoms with Gasteiger partial charge in [-0.15, -0.1) is 0 Å². The van der Waals surface area contributed by atoms with Crippen LogP contribution in [0.25, 0.3) is 0 Å². The molecule has 0 aromatic heterocycles. The molecule has 17 heavy (non-hydrogen) atoms. The molecule has 1 rings (SSSR count). The van der Waals surface area contributed by atoms with Crippen molar-refractivity contribution >= 4 is 15.9 Å². The van der Waals surface area contributed by atoms with E-state index in [1.54, 1.807) is 0 Å². The Kier molecular flexibility index (Phi) is 5.39. The number of sulfonamides is 1. The van der Waals surface area contributed by atoms with Crippen molar-refractivity contribution in [2.45, 2.75) is 32.6 Å². The van der Waals surface area contributed by atoms with Gasteiger partial charge in [-0.25, -0.2) is 12.7 Å². The third-order valence-corrected chi connectivity index (χ3v) is 4.38. The predicted octanol–water partition coefficient (Wildman–Crippen LogP) is 0.574. The van der Waals surface area contributed by atoms with Gasteiger partial charge in [0.15, 0.2) is 0 Å². The van der Waals surface area contributed by atoms with Crippen LogP contribution in [0.2, 0.25) is 0 Å². The molecule has 1 fully saturated rings. The Balaban J connectivity index is 2.29. The van der Waals surface area contributed by atoms with Crippen molar-refractivity contribution < 1.29 is 13.2 Å². The third-order valence-electron chi connectivity index (χ3n) is 3.08. The fourth-order valence-corrected chi connectivity index (χ4v) is 2.75. The van der Waals surface area contributed by atoms with Gasteiger partial charge in [0.2, 0.25) is 15.9 Å². The fraction of sp³-hybridized carbons (Fsp3) is 0.909. The van der Waals surface area contributed by atoms with E-state index in [0.717, 1.165) is 25.7 Å². The van der Waals surface area contributed by atoms with Crippen molar-refractivity contribution in [1.29, 1.82) is 0 Å². The van der Waals surface area contributed by atoms with Crippen molar-refractivity contribution in [2.75, 3.05) is 25.9 Å². The molecule has 0 aromatic carbocycles. The molecule has 1 saturated carbocycles. The van der Waals surface area contributed by atoms with Gasteiger partial charge >= 0.3 is 0 Å². The van der Waals surface area contributed by atoms with E-state index in [2.05, 4.69) is 5.32 Å². The van der Waals surface area contributed by atoms with Gasteiger partial charge < -0.3 is 5.32 Å². The van der Waals surface area contributed by atoms with Crippen LogP contribution in [0.5, 0.6) is 0 Å². The number of hydrogen-bond donors (Lipinski definition) is 1. The molecule has 6 heteroatoms. The Morgan fingerprint density at radius 3 is 2.41 bits per heavy atom. The summed E-state index contributed by atoms with van der Waals surface area (Å²) in [5.74, 6) is 0.231. The first kappa shape index (κ1) is 14.4. The smallest absolute Gasteiger partial charge is 0.223 e. The average molecular weight is 262 g/mol. The zero-order chi connectivity index (χ0) is 12.9. The van der Waals surface area contributed by atoms with Crippen LogP contribution in [0.15, 0.2) is 0 Å². The normalized spacial score (nSPS) is 16.9. The molecule has 0 radical (unpaired) electrons. The first-order valence-corrected chi connectivity index (χ1v) is 8.02. The van der Waals surface area contributed by atoms with Gasteiger partial charge in [-0.05, 0) is 19.3 Å². The van der Waals surface area contributed by atoms with E-state index in [9.17, 15) is 13.2 Å². The summed E-state index contributed by atoms with van der Waals surface area (Å²) in [6.45, 7) is 3.22. The van der Waals surface area contributed by atoms with E-state index in [0.29, 0.717) is 19.6 Å². The first-order chi connectivity index (χ1) is 7.95. The molecular weight excluding hydrogens is 240 g/mol. The highest BCUT2D eigenvalue weighted by molar-refractivity contribution is 7.88. The fourth-order valence-electron chi connectivity index (χ4n) is 1.81. The molecule has 0 aliphatic heterocycles. The topological polar surface area (TPSA) is 66.5 Å². The summed E-state index contributed by atoms with van der Waals surface area (Å²) in [7, 11) is -3.15. The summed E-state index contributed by atoms with van der Waals surface area (Å²) < 4.78 is 24.2. The molecule has 100 valence electrons. The van der Waals surface area contributed by atoms with Gasteiger partial charge in [-0.3, -0.25) is 4.79 Å². The number of amides is 1. The standard InChI is InChI=1S/C11H22N2O3S/c1-3-8-13(17(2,15)16)9-7-12-11(14)10-5-4-6-10/h10H,3-9H2,1-2H3,(H,12,14). The van der Waals surface area contributed by atoms with Crippen LogP contribution in [-0.2, 0) is 14.8 Å². The summed E-state index contributed by atoms with van der Waals surface area (Å²) in [5.41, 5.74) is 0. The van der Waals surface area contributed by atoms with Gasteiger partial charge in [0, 0.05) is 25.6 Å². The summed E-state index contributed by atoms with van der Waals surface area (Å²) >= 11 is 0. The van der Waals surface area contributed by atoms with Crippen molar-refractivity contribution in [2.24, 2.45) is 5.92 Å². The molecule has 1 aliphatic rings. The average Bonchev–Trinajstić information content (AvgIpc) is 2.12. The van der Waals surface area contributed by atoms with Crippen LogP contribution < -0.4 is 5.32 Å². The van der Waals surface area contributed by atoms with Gasteiger partial charge in [-0.2, -0.15) is 0 Å². The first-order valence-electron chi connectivity index (χ1n) is 6.18. The molecule has 1 N–H and O–H groups in total. The highest BCUT2D eigenvalue weighted by atomic mass is 32.2. The van der Waals surface area contributed by atoms with Crippen LogP contribution in [0.3, 0.4) is 0 Å². The van der Waals surface area contributed by atoms with Crippen LogP contribution in [0.4, 0.5) is 0 Å². The van der Waals surface area contributed by atoms with E-state index in [-0.39, 0.29) is 11.8 Å². The highest BCUT2D eigenvalue weighted by Gasteiger charge is 2.25. The molecule has 1 aliphatic carbocycles. The Hall–Kier alpha value is -0.620. The third kappa shape index (κ3) is 4.63. The molecule has 0 saturated heterocycles. The van der Waals surface area contributed by atoms with Crippen LogP contribution >= 0.6 is 0 Å². The summed E-state index contributed by atoms with van der Waals surface area (Å²) in [6.07, 6.45) is 5.05. The highest BCUT2D eigenvalue weighted by Crippen LogP contribution is 2.25. The maximum Gasteiger partial charge on any atom is 0.223 e. The zero-order valence-electron chi connectivity index (χ0n) is 10.6. The van der Waals surface area contributed by atoms with Gasteiger partial charge in [-0.1, -0.05) is 13.3 Å². The second-order valence-corrected chi connectivity index (χ2v) is 6.56. The molecular formula is C11H22N2O3S. The van der Waals surface area contributed by atoms with Gasteiger partial charge in [0.25, 0.3) is 0 Å². The molecule has 0 bridgehead atoms. The van der Waals surface area contributed by atoms with Crippen LogP contribution in [0, 0.1) is 5.92 Å². The largest absolute Gasteiger partial charge is 0.355 e. The molecule has 0 spiro atoms. The van der Waals surface area contributed by atoms with Gasteiger partial charge in [0.1, 0.15) is 0 Å². The maximum absolute atomic E-state index is 11.5. The number of carbonyl (C=O) groups is 1. The Labute approximate surface area is 104 Å². The number of hydrogen-bond acceptors (Lipinski definition) is 3. The second kappa shape index (κ2) is 6.35. The van der Waals surface area contributed by atoms with Gasteiger partial charge in [0.05, 0.1) is 6.26 Å². The molecule has 0 aromatic rings. The summed E-state index contributed by atoms with van der Waals surface area (Å²) in [6, 6.07) is 0. The molecule has 1 amide bonds. The SMILES string of the molecule is CCCN(CCNC(=O)C1CCC1)S(C)(=O)=O. The van der Waals surface area contributed by atoms with E-state index in [1.807, 2.05) is 6.92 Å². The lowest BCUT2D eigenvalue weighted by Crippen LogP contribution is -2.41. The van der Waals surface area contributed by atoms with Crippen LogP contribution in [-0.4, -0.2) is 44.5 Å². The van der Waals surface area contributed by atoms with Crippen molar-refractivity contribution in [3.8, 4) is 0 Å². The summed E-state index contributed by atoms with van der Waals surface area (Å²) in [4.78, 5) is 11.5. The van der Waals surface area contributed by atoms with E-state index in [1.165, 1.54) is 10.6 Å². The Morgan fingerprint density at radius 1 is 1.35 bits per heavy atom. The minimum absolute atomic E-state index is 0.0706. The minimum atomic E-state index is -3.15. The van der Waals surface area contributed by atoms with E-state index >= 15 is 0 Å². The number of rotatable bonds is 7. The molecule has 0 heterocycles. The van der Waals surface area contributed by atoms with Crippen molar-refractivity contribution in [3.05, 3.63) is 0 Å². The Morgan fingerprint density at radius 2 is 2.00 bits per heavy atom. The maximum atomic E-state index is 11.5. The number of nitrogens with zero attached hydrogens (tertiary/aromatic N) is 1.